The molecule has 4 rings (SSSR count). The lowest BCUT2D eigenvalue weighted by molar-refractivity contribution is 0.0691. The first kappa shape index (κ1) is 19.0. The predicted octanol–water partition coefficient (Wildman–Crippen LogP) is 3.01. The lowest BCUT2D eigenvalue weighted by Gasteiger charge is -2.04. The summed E-state index contributed by atoms with van der Waals surface area (Å²) in [4.78, 5) is 15.2. The summed E-state index contributed by atoms with van der Waals surface area (Å²) in [6.07, 6.45) is 1.73. The number of carboxylic acids is 1. The Labute approximate surface area is 169 Å². The van der Waals surface area contributed by atoms with Gasteiger partial charge in [-0.2, -0.15) is 5.10 Å². The highest BCUT2D eigenvalue weighted by Crippen LogP contribution is 2.33. The Morgan fingerprint density at radius 3 is 2.31 bits per heavy atom. The van der Waals surface area contributed by atoms with Gasteiger partial charge in [-0.3, -0.25) is 0 Å². The number of nitrogens with two attached hydrogens (primary N) is 1. The van der Waals surface area contributed by atoms with Crippen LogP contribution in [-0.2, 0) is 10.0 Å². The Kier molecular flexibility index (Phi) is 4.74. The van der Waals surface area contributed by atoms with Crippen molar-refractivity contribution >= 4 is 27.3 Å². The van der Waals surface area contributed by atoms with E-state index in [1.54, 1.807) is 18.3 Å². The largest absolute Gasteiger partial charge is 0.476 e. The molecule has 0 amide bonds. The third-order valence-corrected chi connectivity index (χ3v) is 5.92. The van der Waals surface area contributed by atoms with Crippen molar-refractivity contribution in [2.24, 2.45) is 5.14 Å². The summed E-state index contributed by atoms with van der Waals surface area (Å²) in [6.45, 7) is 0. The van der Waals surface area contributed by atoms with Gasteiger partial charge >= 0.3 is 5.97 Å². The van der Waals surface area contributed by atoms with Crippen LogP contribution in [0.2, 0.25) is 0 Å². The average molecular weight is 426 g/mol. The Hall–Kier alpha value is -3.34. The maximum atomic E-state index is 11.5. The normalized spacial score (nSPS) is 11.5. The van der Waals surface area contributed by atoms with Gasteiger partial charge in [-0.1, -0.05) is 42.5 Å². The number of aromatic carboxylic acids is 1. The van der Waals surface area contributed by atoms with Crippen LogP contribution < -0.4 is 5.14 Å². The molecule has 0 unspecified atom stereocenters. The molecule has 0 aliphatic carbocycles. The SMILES string of the molecule is NS(=O)(=O)c1ccc(-c2cn(-c3nc(C(=O)O)cs3)nc2-c2ccccc2)cc1. The van der Waals surface area contributed by atoms with Gasteiger partial charge in [0.25, 0.3) is 0 Å². The van der Waals surface area contributed by atoms with Gasteiger partial charge in [0.05, 0.1) is 4.90 Å². The minimum atomic E-state index is -3.79. The zero-order valence-corrected chi connectivity index (χ0v) is 16.4. The zero-order chi connectivity index (χ0) is 20.6. The van der Waals surface area contributed by atoms with Crippen molar-refractivity contribution in [3.63, 3.8) is 0 Å². The van der Waals surface area contributed by atoms with Crippen LogP contribution in [0.1, 0.15) is 10.5 Å². The average Bonchev–Trinajstić information content (AvgIpc) is 3.36. The fourth-order valence-electron chi connectivity index (χ4n) is 2.78. The highest BCUT2D eigenvalue weighted by Gasteiger charge is 2.17. The molecule has 0 saturated carbocycles. The number of aromatic nitrogens is 3. The molecule has 8 nitrogen and oxygen atoms in total. The number of carboxylic acid groups (broad SMARTS) is 1. The van der Waals surface area contributed by atoms with Gasteiger partial charge in [0, 0.05) is 22.7 Å². The van der Waals surface area contributed by atoms with E-state index >= 15 is 0 Å². The van der Waals surface area contributed by atoms with Gasteiger partial charge in [0.2, 0.25) is 15.2 Å². The topological polar surface area (TPSA) is 128 Å². The number of thiazole rings is 1. The number of sulfonamides is 1. The Morgan fingerprint density at radius 2 is 1.72 bits per heavy atom. The lowest BCUT2D eigenvalue weighted by atomic mass is 10.0. The summed E-state index contributed by atoms with van der Waals surface area (Å²) in [5.74, 6) is -1.11. The molecule has 146 valence electrons. The van der Waals surface area contributed by atoms with E-state index < -0.39 is 16.0 Å². The van der Waals surface area contributed by atoms with E-state index in [1.165, 1.54) is 22.2 Å². The molecule has 0 fully saturated rings. The molecule has 4 aromatic rings. The van der Waals surface area contributed by atoms with Crippen LogP contribution in [-0.4, -0.2) is 34.3 Å². The van der Waals surface area contributed by atoms with Crippen molar-refractivity contribution in [3.8, 4) is 27.5 Å². The van der Waals surface area contributed by atoms with E-state index in [0.29, 0.717) is 10.8 Å². The summed E-state index contributed by atoms with van der Waals surface area (Å²) in [7, 11) is -3.79. The molecule has 0 atom stereocenters. The minimum Gasteiger partial charge on any atom is -0.476 e. The van der Waals surface area contributed by atoms with Crippen LogP contribution in [0.3, 0.4) is 0 Å². The molecule has 0 saturated heterocycles. The van der Waals surface area contributed by atoms with E-state index in [0.717, 1.165) is 28.0 Å². The van der Waals surface area contributed by atoms with Crippen LogP contribution in [0.25, 0.3) is 27.5 Å². The number of hydrogen-bond donors (Lipinski definition) is 2. The first-order chi connectivity index (χ1) is 13.8. The third kappa shape index (κ3) is 3.81. The van der Waals surface area contributed by atoms with Gasteiger partial charge in [0.1, 0.15) is 5.69 Å². The van der Waals surface area contributed by atoms with Crippen molar-refractivity contribution in [1.82, 2.24) is 14.8 Å². The van der Waals surface area contributed by atoms with Crippen LogP contribution in [0.4, 0.5) is 0 Å². The van der Waals surface area contributed by atoms with Crippen LogP contribution >= 0.6 is 11.3 Å². The van der Waals surface area contributed by atoms with Crippen LogP contribution in [0.15, 0.2) is 71.1 Å². The number of primary sulfonamides is 1. The molecule has 0 bridgehead atoms. The summed E-state index contributed by atoms with van der Waals surface area (Å²) in [6, 6.07) is 15.6. The van der Waals surface area contributed by atoms with E-state index in [1.807, 2.05) is 30.3 Å². The molecular formula is C19H14N4O4S2. The second-order valence-corrected chi connectivity index (χ2v) is 8.49. The van der Waals surface area contributed by atoms with E-state index in [9.17, 15) is 13.2 Å². The smallest absolute Gasteiger partial charge is 0.355 e. The summed E-state index contributed by atoms with van der Waals surface area (Å²) in [5, 5.41) is 20.7. The van der Waals surface area contributed by atoms with Gasteiger partial charge < -0.3 is 5.11 Å². The van der Waals surface area contributed by atoms with Crippen molar-refractivity contribution in [1.29, 1.82) is 0 Å². The van der Waals surface area contributed by atoms with Crippen LogP contribution in [0.5, 0.6) is 0 Å². The number of benzene rings is 2. The van der Waals surface area contributed by atoms with Gasteiger partial charge in [-0.25, -0.2) is 28.0 Å². The summed E-state index contributed by atoms with van der Waals surface area (Å²) >= 11 is 1.16. The maximum Gasteiger partial charge on any atom is 0.355 e. The Morgan fingerprint density at radius 1 is 1.03 bits per heavy atom. The number of hydrogen-bond acceptors (Lipinski definition) is 6. The van der Waals surface area contributed by atoms with Crippen molar-refractivity contribution in [3.05, 3.63) is 71.9 Å². The second-order valence-electron chi connectivity index (χ2n) is 6.09. The molecule has 2 aromatic heterocycles. The fourth-order valence-corrected chi connectivity index (χ4v) is 4.02. The minimum absolute atomic E-state index is 0.0147. The number of carbonyl (C=O) groups is 1. The molecule has 3 N–H and O–H groups in total. The third-order valence-electron chi connectivity index (χ3n) is 4.16. The fraction of sp³-hybridized carbons (Fsp3) is 0. The first-order valence-electron chi connectivity index (χ1n) is 8.30. The van der Waals surface area contributed by atoms with Crippen molar-refractivity contribution in [2.75, 3.05) is 0 Å². The Balaban J connectivity index is 1.85. The van der Waals surface area contributed by atoms with Gasteiger partial charge in [0.15, 0.2) is 5.69 Å². The van der Waals surface area contributed by atoms with E-state index in [4.69, 9.17) is 10.2 Å². The predicted molar refractivity (Wildman–Crippen MR) is 108 cm³/mol. The molecular weight excluding hydrogens is 412 g/mol. The zero-order valence-electron chi connectivity index (χ0n) is 14.8. The summed E-state index contributed by atoms with van der Waals surface area (Å²) in [5.41, 5.74) is 2.93. The molecule has 2 aromatic carbocycles. The van der Waals surface area contributed by atoms with Gasteiger partial charge in [-0.05, 0) is 17.7 Å². The summed E-state index contributed by atoms with van der Waals surface area (Å²) < 4.78 is 24.6. The van der Waals surface area contributed by atoms with E-state index in [-0.39, 0.29) is 10.6 Å². The van der Waals surface area contributed by atoms with Crippen LogP contribution in [0, 0.1) is 0 Å². The van der Waals surface area contributed by atoms with Crippen molar-refractivity contribution in [2.45, 2.75) is 4.90 Å². The standard InChI is InChI=1S/C19H14N4O4S2/c20-29(26,27)14-8-6-12(7-9-14)15-10-23(19-21-16(11-28-19)18(24)25)22-17(15)13-4-2-1-3-5-13/h1-11H,(H,24,25)(H2,20,26,27). The van der Waals surface area contributed by atoms with Gasteiger partial charge in [-0.15, -0.1) is 11.3 Å². The molecule has 0 aliphatic rings. The second kappa shape index (κ2) is 7.24. The Bertz CT molecular complexity index is 1290. The number of rotatable bonds is 5. The molecule has 0 aliphatic heterocycles. The highest BCUT2D eigenvalue weighted by atomic mass is 32.2. The van der Waals surface area contributed by atoms with Crippen molar-refractivity contribution < 1.29 is 18.3 Å². The maximum absolute atomic E-state index is 11.5. The number of nitrogens with zero attached hydrogens (tertiary/aromatic N) is 3. The monoisotopic (exact) mass is 426 g/mol. The lowest BCUT2D eigenvalue weighted by Crippen LogP contribution is -2.11. The van der Waals surface area contributed by atoms with E-state index in [2.05, 4.69) is 10.1 Å². The molecule has 0 spiro atoms. The first-order valence-corrected chi connectivity index (χ1v) is 10.7. The molecule has 29 heavy (non-hydrogen) atoms. The molecule has 0 radical (unpaired) electrons. The quantitative estimate of drug-likeness (QED) is 0.505. The molecule has 2 heterocycles. The highest BCUT2D eigenvalue weighted by molar-refractivity contribution is 7.89. The molecule has 10 heteroatoms.